The second-order valence-corrected chi connectivity index (χ2v) is 11.8. The molecule has 0 saturated heterocycles. The standard InChI is InChI=1S/C38H53N2/c1-3-4-5-6-7-8-9-10-11-12-13-14-15-16-17-22-31-40-36(30-28-34-24-19-21-26-38(34)40)32-35-29-27-33-23-18-20-25-37(33)39(35)2/h18-21,23-30,32H,3-17,22,31H2,1-2H3/q+1. The van der Waals surface area contributed by atoms with Crippen LogP contribution in [0.1, 0.15) is 121 Å². The molecule has 0 fully saturated rings. The zero-order valence-corrected chi connectivity index (χ0v) is 25.4. The number of fused-ring (bicyclic) bond motifs is 2. The molecule has 1 aliphatic rings. The number of allylic oxidation sites excluding steroid dienone is 1. The van der Waals surface area contributed by atoms with E-state index in [-0.39, 0.29) is 0 Å². The molecule has 0 atom stereocenters. The van der Waals surface area contributed by atoms with Crippen molar-refractivity contribution in [2.24, 2.45) is 7.05 Å². The molecule has 0 N–H and O–H groups in total. The van der Waals surface area contributed by atoms with Crippen LogP contribution < -0.4 is 9.47 Å². The largest absolute Gasteiger partial charge is 0.341 e. The Hall–Kier alpha value is -2.87. The van der Waals surface area contributed by atoms with Crippen molar-refractivity contribution in [3.8, 4) is 0 Å². The summed E-state index contributed by atoms with van der Waals surface area (Å²) in [6.07, 6.45) is 29.4. The number of benzene rings is 2. The summed E-state index contributed by atoms with van der Waals surface area (Å²) in [5, 5.41) is 1.28. The molecule has 0 saturated carbocycles. The van der Waals surface area contributed by atoms with Crippen LogP contribution >= 0.6 is 0 Å². The van der Waals surface area contributed by atoms with Crippen LogP contribution in [-0.4, -0.2) is 6.54 Å². The SMILES string of the molecule is CCCCCCCCCCCCCCCCCCN1/C(=C/c2ccc3ccccc3[n+]2C)C=Cc2ccccc21. The highest BCUT2D eigenvalue weighted by Crippen LogP contribution is 2.32. The monoisotopic (exact) mass is 537 g/mol. The minimum absolute atomic E-state index is 1.07. The summed E-state index contributed by atoms with van der Waals surface area (Å²) in [4.78, 5) is 2.54. The number of nitrogens with zero attached hydrogens (tertiary/aromatic N) is 2. The normalized spacial score (nSPS) is 13.8. The third-order valence-corrected chi connectivity index (χ3v) is 8.62. The Labute approximate surface area is 244 Å². The highest BCUT2D eigenvalue weighted by atomic mass is 15.1. The Morgan fingerprint density at radius 2 is 1.18 bits per heavy atom. The molecule has 3 aromatic rings. The van der Waals surface area contributed by atoms with Crippen molar-refractivity contribution in [3.63, 3.8) is 0 Å². The summed E-state index contributed by atoms with van der Waals surface area (Å²) in [5.74, 6) is 0. The fraction of sp³-hybridized carbons (Fsp3) is 0.500. The molecule has 1 aromatic heterocycles. The van der Waals surface area contributed by atoms with Crippen LogP contribution in [0, 0.1) is 0 Å². The molecule has 0 bridgehead atoms. The van der Waals surface area contributed by atoms with Gasteiger partial charge in [-0.15, -0.1) is 0 Å². The molecule has 0 spiro atoms. The van der Waals surface area contributed by atoms with Gasteiger partial charge >= 0.3 is 0 Å². The molecule has 1 aliphatic heterocycles. The van der Waals surface area contributed by atoms with Gasteiger partial charge in [-0.25, -0.2) is 0 Å². The van der Waals surface area contributed by atoms with Crippen molar-refractivity contribution < 1.29 is 4.57 Å². The second-order valence-electron chi connectivity index (χ2n) is 11.8. The predicted molar refractivity (Wildman–Crippen MR) is 175 cm³/mol. The molecule has 2 aromatic carbocycles. The summed E-state index contributed by atoms with van der Waals surface area (Å²) in [7, 11) is 2.18. The zero-order chi connectivity index (χ0) is 27.8. The van der Waals surface area contributed by atoms with E-state index in [1.807, 2.05) is 0 Å². The number of anilines is 1. The number of hydrogen-bond acceptors (Lipinski definition) is 1. The maximum atomic E-state index is 2.54. The van der Waals surface area contributed by atoms with Gasteiger partial charge in [0.2, 0.25) is 11.2 Å². The first-order valence-electron chi connectivity index (χ1n) is 16.4. The lowest BCUT2D eigenvalue weighted by Gasteiger charge is -2.30. The van der Waals surface area contributed by atoms with E-state index in [9.17, 15) is 0 Å². The lowest BCUT2D eigenvalue weighted by atomic mass is 10.0. The van der Waals surface area contributed by atoms with Crippen LogP contribution in [0.15, 0.2) is 72.4 Å². The Kier molecular flexibility index (Phi) is 12.8. The van der Waals surface area contributed by atoms with E-state index < -0.39 is 0 Å². The molecule has 0 amide bonds. The van der Waals surface area contributed by atoms with Crippen molar-refractivity contribution in [1.29, 1.82) is 0 Å². The summed E-state index contributed by atoms with van der Waals surface area (Å²) in [5.41, 5.74) is 6.43. The molecule has 4 rings (SSSR count). The minimum Gasteiger partial charge on any atom is -0.341 e. The number of pyridine rings is 1. The van der Waals surface area contributed by atoms with Crippen molar-refractivity contribution in [3.05, 3.63) is 83.7 Å². The third kappa shape index (κ3) is 9.08. The maximum Gasteiger partial charge on any atom is 0.212 e. The molecular formula is C38H53N2+. The number of unbranched alkanes of at least 4 members (excludes halogenated alkanes) is 15. The molecule has 0 aliphatic carbocycles. The van der Waals surface area contributed by atoms with Crippen molar-refractivity contribution in [2.45, 2.75) is 110 Å². The molecule has 0 radical (unpaired) electrons. The van der Waals surface area contributed by atoms with Crippen molar-refractivity contribution in [2.75, 3.05) is 11.4 Å². The highest BCUT2D eigenvalue weighted by Gasteiger charge is 2.19. The van der Waals surface area contributed by atoms with Crippen LogP contribution in [0.5, 0.6) is 0 Å². The Morgan fingerprint density at radius 3 is 1.85 bits per heavy atom. The average molecular weight is 538 g/mol. The number of rotatable bonds is 18. The van der Waals surface area contributed by atoms with Gasteiger partial charge in [0.15, 0.2) is 0 Å². The topological polar surface area (TPSA) is 7.12 Å². The number of aromatic nitrogens is 1. The minimum atomic E-state index is 1.07. The van der Waals surface area contributed by atoms with Crippen LogP contribution in [0.4, 0.5) is 5.69 Å². The average Bonchev–Trinajstić information content (AvgIpc) is 2.99. The van der Waals surface area contributed by atoms with Crippen LogP contribution in [0.2, 0.25) is 0 Å². The first kappa shape index (κ1) is 30.1. The number of aryl methyl sites for hydroxylation is 1. The predicted octanol–water partition coefficient (Wildman–Crippen LogP) is 10.8. The third-order valence-electron chi connectivity index (χ3n) is 8.62. The first-order chi connectivity index (χ1) is 19.8. The Morgan fingerprint density at radius 1 is 0.600 bits per heavy atom. The van der Waals surface area contributed by atoms with E-state index in [2.05, 4.69) is 102 Å². The van der Waals surface area contributed by atoms with E-state index in [1.165, 1.54) is 136 Å². The highest BCUT2D eigenvalue weighted by molar-refractivity contribution is 5.80. The van der Waals surface area contributed by atoms with Gasteiger partial charge in [0.1, 0.15) is 7.05 Å². The second kappa shape index (κ2) is 17.1. The van der Waals surface area contributed by atoms with Crippen molar-refractivity contribution >= 4 is 28.7 Å². The van der Waals surface area contributed by atoms with E-state index in [1.54, 1.807) is 0 Å². The fourth-order valence-corrected chi connectivity index (χ4v) is 6.13. The molecule has 0 unspecified atom stereocenters. The van der Waals surface area contributed by atoms with Gasteiger partial charge in [-0.05, 0) is 36.3 Å². The van der Waals surface area contributed by atoms with Gasteiger partial charge in [-0.3, -0.25) is 0 Å². The van der Waals surface area contributed by atoms with Gasteiger partial charge in [0, 0.05) is 41.5 Å². The molecule has 2 heterocycles. The number of hydrogen-bond donors (Lipinski definition) is 0. The van der Waals surface area contributed by atoms with Gasteiger partial charge in [0.05, 0.1) is 0 Å². The summed E-state index contributed by atoms with van der Waals surface area (Å²) < 4.78 is 2.31. The van der Waals surface area contributed by atoms with Crippen LogP contribution in [0.25, 0.3) is 23.1 Å². The van der Waals surface area contributed by atoms with E-state index >= 15 is 0 Å². The van der Waals surface area contributed by atoms with Crippen molar-refractivity contribution in [1.82, 2.24) is 0 Å². The zero-order valence-electron chi connectivity index (χ0n) is 25.4. The van der Waals surface area contributed by atoms with Crippen LogP contribution in [0.3, 0.4) is 0 Å². The summed E-state index contributed by atoms with van der Waals surface area (Å²) in [6.45, 7) is 3.37. The first-order valence-corrected chi connectivity index (χ1v) is 16.4. The van der Waals surface area contributed by atoms with Gasteiger partial charge in [-0.1, -0.05) is 140 Å². The Balaban J connectivity index is 1.19. The molecular weight excluding hydrogens is 484 g/mol. The molecule has 214 valence electrons. The van der Waals surface area contributed by atoms with Gasteiger partial charge in [-0.2, -0.15) is 4.57 Å². The van der Waals surface area contributed by atoms with Gasteiger partial charge < -0.3 is 4.90 Å². The van der Waals surface area contributed by atoms with E-state index in [0.29, 0.717) is 0 Å². The quantitative estimate of drug-likeness (QED) is 0.116. The maximum absolute atomic E-state index is 2.54. The van der Waals surface area contributed by atoms with E-state index in [0.717, 1.165) is 6.54 Å². The Bertz CT molecular complexity index is 1220. The lowest BCUT2D eigenvalue weighted by Crippen LogP contribution is -2.33. The van der Waals surface area contributed by atoms with E-state index in [4.69, 9.17) is 0 Å². The molecule has 2 heteroatoms. The lowest BCUT2D eigenvalue weighted by molar-refractivity contribution is -0.646. The summed E-state index contributed by atoms with van der Waals surface area (Å²) >= 11 is 0. The summed E-state index contributed by atoms with van der Waals surface area (Å²) in [6, 6.07) is 21.9. The number of para-hydroxylation sites is 2. The molecule has 2 nitrogen and oxygen atoms in total. The fourth-order valence-electron chi connectivity index (χ4n) is 6.13. The van der Waals surface area contributed by atoms with Crippen LogP contribution in [-0.2, 0) is 7.05 Å². The van der Waals surface area contributed by atoms with Gasteiger partial charge in [0.25, 0.3) is 0 Å². The smallest absolute Gasteiger partial charge is 0.212 e. The molecule has 40 heavy (non-hydrogen) atoms.